The number of hydrogen-bond donors (Lipinski definition) is 0. The molecule has 0 spiro atoms. The van der Waals surface area contributed by atoms with Gasteiger partial charge in [0.05, 0.1) is 17.7 Å². The number of carbonyl (C=O) groups excluding carboxylic acids is 1. The van der Waals surface area contributed by atoms with Crippen LogP contribution in [0.3, 0.4) is 0 Å². The molecule has 1 aromatic carbocycles. The zero-order valence-electron chi connectivity index (χ0n) is 8.24. The number of benzene rings is 1. The Hall–Kier alpha value is -1.61. The van der Waals surface area contributed by atoms with E-state index >= 15 is 0 Å². The maximum Gasteiger partial charge on any atom is 0.170 e. The molecule has 16 heavy (non-hydrogen) atoms. The molecule has 0 atom stereocenters. The number of halogens is 2. The number of rotatable bonds is 3. The normalized spacial score (nSPS) is 10.4. The first-order chi connectivity index (χ1) is 7.66. The lowest BCUT2D eigenvalue weighted by Crippen LogP contribution is -2.02. The maximum absolute atomic E-state index is 12.9. The number of Topliss-reactive ketones (excluding diaryl/α,β-unsaturated/α-hetero) is 1. The van der Waals surface area contributed by atoms with Crippen LogP contribution >= 0.6 is 11.6 Å². The second-order valence-electron chi connectivity index (χ2n) is 3.31. The molecule has 0 fully saturated rings. The molecule has 2 nitrogen and oxygen atoms in total. The molecule has 0 amide bonds. The molecular weight excluding hydrogens is 231 g/mol. The van der Waals surface area contributed by atoms with Crippen molar-refractivity contribution in [2.45, 2.75) is 6.42 Å². The van der Waals surface area contributed by atoms with Crippen molar-refractivity contribution in [2.24, 2.45) is 0 Å². The SMILES string of the molecule is O=C(Cc1ccco1)c1ccc(F)c(Cl)c1. The quantitative estimate of drug-likeness (QED) is 0.766. The fourth-order valence-electron chi connectivity index (χ4n) is 1.34. The molecular formula is C12H8ClFO2. The van der Waals surface area contributed by atoms with Gasteiger partial charge >= 0.3 is 0 Å². The van der Waals surface area contributed by atoms with Gasteiger partial charge in [0.2, 0.25) is 0 Å². The minimum atomic E-state index is -0.531. The third-order valence-electron chi connectivity index (χ3n) is 2.16. The molecule has 0 aliphatic rings. The molecule has 0 unspecified atom stereocenters. The van der Waals surface area contributed by atoms with E-state index in [1.807, 2.05) is 0 Å². The van der Waals surface area contributed by atoms with E-state index in [0.717, 1.165) is 0 Å². The van der Waals surface area contributed by atoms with Gasteiger partial charge in [-0.2, -0.15) is 0 Å². The van der Waals surface area contributed by atoms with Crippen molar-refractivity contribution >= 4 is 17.4 Å². The van der Waals surface area contributed by atoms with Gasteiger partial charge < -0.3 is 4.42 Å². The topological polar surface area (TPSA) is 30.2 Å². The first-order valence-corrected chi connectivity index (χ1v) is 5.05. The Morgan fingerprint density at radius 1 is 1.38 bits per heavy atom. The summed E-state index contributed by atoms with van der Waals surface area (Å²) in [6.45, 7) is 0. The first kappa shape index (κ1) is 10.9. The molecule has 1 heterocycles. The van der Waals surface area contributed by atoms with Crippen LogP contribution in [0.2, 0.25) is 5.02 Å². The minimum Gasteiger partial charge on any atom is -0.469 e. The van der Waals surface area contributed by atoms with Gasteiger partial charge in [-0.05, 0) is 30.3 Å². The summed E-state index contributed by atoms with van der Waals surface area (Å²) in [6.07, 6.45) is 1.65. The highest BCUT2D eigenvalue weighted by Gasteiger charge is 2.10. The van der Waals surface area contributed by atoms with Crippen molar-refractivity contribution in [2.75, 3.05) is 0 Å². The van der Waals surface area contributed by atoms with E-state index in [-0.39, 0.29) is 17.2 Å². The Morgan fingerprint density at radius 2 is 2.19 bits per heavy atom. The molecule has 2 aromatic rings. The predicted octanol–water partition coefficient (Wildman–Crippen LogP) is 3.50. The molecule has 0 saturated carbocycles. The van der Waals surface area contributed by atoms with Crippen LogP contribution in [0.25, 0.3) is 0 Å². The van der Waals surface area contributed by atoms with E-state index in [0.29, 0.717) is 11.3 Å². The summed E-state index contributed by atoms with van der Waals surface area (Å²) in [7, 11) is 0. The van der Waals surface area contributed by atoms with Crippen LogP contribution in [0, 0.1) is 5.82 Å². The largest absolute Gasteiger partial charge is 0.469 e. The van der Waals surface area contributed by atoms with Crippen LogP contribution in [-0.4, -0.2) is 5.78 Å². The lowest BCUT2D eigenvalue weighted by atomic mass is 10.1. The molecule has 82 valence electrons. The highest BCUT2D eigenvalue weighted by molar-refractivity contribution is 6.31. The van der Waals surface area contributed by atoms with Crippen LogP contribution in [0.1, 0.15) is 16.1 Å². The van der Waals surface area contributed by atoms with Crippen molar-refractivity contribution < 1.29 is 13.6 Å². The van der Waals surface area contributed by atoms with Crippen molar-refractivity contribution in [3.8, 4) is 0 Å². The van der Waals surface area contributed by atoms with Gasteiger partial charge in [0.1, 0.15) is 11.6 Å². The van der Waals surface area contributed by atoms with Crippen LogP contribution in [0.4, 0.5) is 4.39 Å². The average Bonchev–Trinajstić information content (AvgIpc) is 2.74. The first-order valence-electron chi connectivity index (χ1n) is 4.67. The summed E-state index contributed by atoms with van der Waals surface area (Å²) >= 11 is 5.59. The molecule has 0 N–H and O–H groups in total. The Labute approximate surface area is 96.6 Å². The maximum atomic E-state index is 12.9. The van der Waals surface area contributed by atoms with Crippen molar-refractivity contribution in [1.29, 1.82) is 0 Å². The van der Waals surface area contributed by atoms with Gasteiger partial charge in [-0.3, -0.25) is 4.79 Å². The van der Waals surface area contributed by atoms with Gasteiger partial charge in [0, 0.05) is 5.56 Å². The van der Waals surface area contributed by atoms with E-state index in [1.54, 1.807) is 12.1 Å². The Kier molecular flexibility index (Phi) is 3.06. The predicted molar refractivity (Wildman–Crippen MR) is 58.2 cm³/mol. The zero-order chi connectivity index (χ0) is 11.5. The van der Waals surface area contributed by atoms with E-state index in [4.69, 9.17) is 16.0 Å². The van der Waals surface area contributed by atoms with E-state index in [1.165, 1.54) is 24.5 Å². The Morgan fingerprint density at radius 3 is 2.81 bits per heavy atom. The number of furan rings is 1. The van der Waals surface area contributed by atoms with Crippen LogP contribution in [0.5, 0.6) is 0 Å². The van der Waals surface area contributed by atoms with Crippen LogP contribution < -0.4 is 0 Å². The highest BCUT2D eigenvalue weighted by atomic mass is 35.5. The monoisotopic (exact) mass is 238 g/mol. The van der Waals surface area contributed by atoms with Gasteiger partial charge in [-0.25, -0.2) is 4.39 Å². The number of hydrogen-bond acceptors (Lipinski definition) is 2. The molecule has 0 bridgehead atoms. The molecule has 0 radical (unpaired) electrons. The van der Waals surface area contributed by atoms with Gasteiger partial charge in [0.25, 0.3) is 0 Å². The average molecular weight is 239 g/mol. The second kappa shape index (κ2) is 4.49. The fraction of sp³-hybridized carbons (Fsp3) is 0.0833. The van der Waals surface area contributed by atoms with Gasteiger partial charge in [-0.15, -0.1) is 0 Å². The second-order valence-corrected chi connectivity index (χ2v) is 3.72. The van der Waals surface area contributed by atoms with Gasteiger partial charge in [-0.1, -0.05) is 11.6 Å². The number of carbonyl (C=O) groups is 1. The molecule has 1 aromatic heterocycles. The van der Waals surface area contributed by atoms with E-state index in [9.17, 15) is 9.18 Å². The standard InChI is InChI=1S/C12H8ClFO2/c13-10-6-8(3-4-11(10)14)12(15)7-9-2-1-5-16-9/h1-6H,7H2. The van der Waals surface area contributed by atoms with Gasteiger partial charge in [0.15, 0.2) is 5.78 Å². The van der Waals surface area contributed by atoms with Crippen LogP contribution in [0.15, 0.2) is 41.0 Å². The minimum absolute atomic E-state index is 0.0507. The summed E-state index contributed by atoms with van der Waals surface area (Å²) in [5, 5.41) is -0.0507. The molecule has 0 aliphatic carbocycles. The summed E-state index contributed by atoms with van der Waals surface area (Å²) in [5.41, 5.74) is 0.378. The Bertz CT molecular complexity index is 506. The summed E-state index contributed by atoms with van der Waals surface area (Å²) in [4.78, 5) is 11.7. The van der Waals surface area contributed by atoms with Crippen molar-refractivity contribution in [1.82, 2.24) is 0 Å². The summed E-state index contributed by atoms with van der Waals surface area (Å²) < 4.78 is 17.9. The molecule has 0 aliphatic heterocycles. The summed E-state index contributed by atoms with van der Waals surface area (Å²) in [5.74, 6) is -0.112. The van der Waals surface area contributed by atoms with Crippen molar-refractivity contribution in [3.05, 3.63) is 58.8 Å². The molecule has 0 saturated heterocycles. The molecule has 2 rings (SSSR count). The zero-order valence-corrected chi connectivity index (χ0v) is 9.00. The fourth-order valence-corrected chi connectivity index (χ4v) is 1.52. The van der Waals surface area contributed by atoms with E-state index in [2.05, 4.69) is 0 Å². The lowest BCUT2D eigenvalue weighted by Gasteiger charge is -2.00. The van der Waals surface area contributed by atoms with Crippen molar-refractivity contribution in [3.63, 3.8) is 0 Å². The Balaban J connectivity index is 2.18. The third-order valence-corrected chi connectivity index (χ3v) is 2.45. The third kappa shape index (κ3) is 2.31. The van der Waals surface area contributed by atoms with E-state index < -0.39 is 5.82 Å². The highest BCUT2D eigenvalue weighted by Crippen LogP contribution is 2.17. The lowest BCUT2D eigenvalue weighted by molar-refractivity contribution is 0.0987. The van der Waals surface area contributed by atoms with Crippen LogP contribution in [-0.2, 0) is 6.42 Å². The smallest absolute Gasteiger partial charge is 0.170 e. The number of ketones is 1. The molecule has 4 heteroatoms. The summed E-state index contributed by atoms with van der Waals surface area (Å²) in [6, 6.07) is 7.33.